The summed E-state index contributed by atoms with van der Waals surface area (Å²) in [6, 6.07) is 23.3. The average Bonchev–Trinajstić information content (AvgIpc) is 4.30. The number of ether oxygens (including phenoxy) is 2. The Morgan fingerprint density at radius 1 is 0.640 bits per heavy atom. The Balaban J connectivity index is 0.000000193. The maximum Gasteiger partial charge on any atom is 0.309 e. The third kappa shape index (κ3) is 10.4. The van der Waals surface area contributed by atoms with Crippen molar-refractivity contribution in [1.29, 1.82) is 10.5 Å². The number of methoxy groups -OCH3 is 2. The molecule has 0 aliphatic carbocycles. The molecule has 2 amide bonds. The van der Waals surface area contributed by atoms with Crippen LogP contribution in [0.1, 0.15) is 70.2 Å². The zero-order valence-electron chi connectivity index (χ0n) is 42.2. The number of carbonyl (C=O) groups excluding carboxylic acids is 4. The second-order valence-corrected chi connectivity index (χ2v) is 16.8. The van der Waals surface area contributed by atoms with Crippen LogP contribution in [0.3, 0.4) is 0 Å². The lowest BCUT2D eigenvalue weighted by atomic mass is 9.97. The fraction of sp³-hybridized carbons (Fsp3) is 0.245. The highest BCUT2D eigenvalue weighted by Gasteiger charge is 2.34. The van der Waals surface area contributed by atoms with Crippen molar-refractivity contribution in [2.45, 2.75) is 40.5 Å². The highest BCUT2D eigenvalue weighted by atomic mass is 16.5. The second kappa shape index (κ2) is 22.8. The van der Waals surface area contributed by atoms with Gasteiger partial charge in [-0.1, -0.05) is 74.5 Å². The molecule has 3 N–H and O–H groups in total. The van der Waals surface area contributed by atoms with E-state index in [0.717, 1.165) is 22.3 Å². The molecule has 22 heteroatoms. The number of hydrogen-bond donors (Lipinski definition) is 3. The first-order valence-corrected chi connectivity index (χ1v) is 23.8. The van der Waals surface area contributed by atoms with Gasteiger partial charge in [0.2, 0.25) is 0 Å². The van der Waals surface area contributed by atoms with Crippen molar-refractivity contribution in [2.24, 2.45) is 0 Å². The van der Waals surface area contributed by atoms with Crippen LogP contribution in [0.4, 0.5) is 0 Å². The first kappa shape index (κ1) is 51.7. The fourth-order valence-corrected chi connectivity index (χ4v) is 8.82. The number of likely N-dealkylation sites (N-methyl/N-ethyl adjacent to an activating group) is 1. The Morgan fingerprint density at radius 2 is 1.11 bits per heavy atom. The number of nitriles is 2. The van der Waals surface area contributed by atoms with Crippen LogP contribution in [0, 0.1) is 36.5 Å². The molecule has 0 spiro atoms. The molecular formula is C53H52N16O6. The SMILES string of the molecule is CC.COc1cnc(-n2cnc(C)n2)c2[nH]cc(C(=O)C(=O)N3C/C(=C(\C#N)c4ccccc4)CCN3)c12.COc1cnc(-n2cnc(C)n2)c2[nH]cc(C(=O)C(=O)N3CC/C(=C(\C#N)c4ccccc4)CN3C)c12. The summed E-state index contributed by atoms with van der Waals surface area (Å²) >= 11 is 0. The van der Waals surface area contributed by atoms with Gasteiger partial charge >= 0.3 is 11.8 Å². The number of aromatic nitrogens is 10. The molecule has 0 bridgehead atoms. The number of H-pyrrole nitrogens is 2. The maximum absolute atomic E-state index is 13.5. The van der Waals surface area contributed by atoms with Gasteiger partial charge < -0.3 is 19.4 Å². The summed E-state index contributed by atoms with van der Waals surface area (Å²) in [5.41, 5.74) is 8.71. The van der Waals surface area contributed by atoms with Gasteiger partial charge in [-0.05, 0) is 49.0 Å². The Morgan fingerprint density at radius 3 is 1.53 bits per heavy atom. The van der Waals surface area contributed by atoms with E-state index in [-0.39, 0.29) is 24.2 Å². The van der Waals surface area contributed by atoms with E-state index in [0.29, 0.717) is 93.7 Å². The molecule has 10 rings (SSSR count). The van der Waals surface area contributed by atoms with Crippen LogP contribution in [0.25, 0.3) is 44.6 Å². The highest BCUT2D eigenvalue weighted by Crippen LogP contribution is 2.34. The number of Topliss-reactive ketones (excluding diaryl/α,β-unsaturated/α-hetero) is 2. The molecule has 0 atom stereocenters. The van der Waals surface area contributed by atoms with Gasteiger partial charge in [-0.25, -0.2) is 39.7 Å². The number of benzene rings is 2. The van der Waals surface area contributed by atoms with E-state index < -0.39 is 23.4 Å². The quantitative estimate of drug-likeness (QED) is 0.0795. The summed E-state index contributed by atoms with van der Waals surface area (Å²) in [5, 5.41) is 33.3. The summed E-state index contributed by atoms with van der Waals surface area (Å²) < 4.78 is 13.9. The predicted molar refractivity (Wildman–Crippen MR) is 276 cm³/mol. The topological polar surface area (TPSA) is 275 Å². The van der Waals surface area contributed by atoms with Crippen molar-refractivity contribution in [1.82, 2.24) is 69.9 Å². The lowest BCUT2D eigenvalue weighted by Crippen LogP contribution is -2.51. The zero-order chi connectivity index (χ0) is 53.3. The number of nitrogens with zero attached hydrogens (tertiary/aromatic N) is 13. The number of hydrazine groups is 2. The van der Waals surface area contributed by atoms with Crippen molar-refractivity contribution in [3.05, 3.63) is 143 Å². The molecule has 2 aromatic carbocycles. The third-order valence-electron chi connectivity index (χ3n) is 12.3. The lowest BCUT2D eigenvalue weighted by molar-refractivity contribution is -0.142. The number of carbonyl (C=O) groups is 4. The van der Waals surface area contributed by atoms with Gasteiger partial charge in [-0.15, -0.1) is 0 Å². The number of aromatic amines is 2. The van der Waals surface area contributed by atoms with E-state index in [1.165, 1.54) is 71.0 Å². The van der Waals surface area contributed by atoms with Gasteiger partial charge in [0, 0.05) is 39.1 Å². The van der Waals surface area contributed by atoms with Crippen LogP contribution in [0.15, 0.2) is 109 Å². The largest absolute Gasteiger partial charge is 0.494 e. The van der Waals surface area contributed by atoms with Gasteiger partial charge in [-0.3, -0.25) is 29.2 Å². The van der Waals surface area contributed by atoms with Gasteiger partial charge in [0.15, 0.2) is 11.6 Å². The minimum atomic E-state index is -0.740. The maximum atomic E-state index is 13.5. The van der Waals surface area contributed by atoms with Crippen molar-refractivity contribution >= 4 is 56.3 Å². The van der Waals surface area contributed by atoms with Gasteiger partial charge in [0.1, 0.15) is 35.8 Å². The number of amides is 2. The van der Waals surface area contributed by atoms with E-state index in [4.69, 9.17) is 9.47 Å². The number of rotatable bonds is 10. The fourth-order valence-electron chi connectivity index (χ4n) is 8.82. The van der Waals surface area contributed by atoms with E-state index >= 15 is 0 Å². The smallest absolute Gasteiger partial charge is 0.309 e. The molecule has 75 heavy (non-hydrogen) atoms. The zero-order valence-corrected chi connectivity index (χ0v) is 42.2. The number of aryl methyl sites for hydroxylation is 2. The van der Waals surface area contributed by atoms with Crippen LogP contribution in [0.5, 0.6) is 11.5 Å². The van der Waals surface area contributed by atoms with Crippen molar-refractivity contribution in [3.8, 4) is 35.3 Å². The molecule has 380 valence electrons. The predicted octanol–water partition coefficient (Wildman–Crippen LogP) is 6.08. The normalized spacial score (nSPS) is 14.9. The lowest BCUT2D eigenvalue weighted by Gasteiger charge is -2.37. The van der Waals surface area contributed by atoms with Gasteiger partial charge in [0.05, 0.1) is 89.4 Å². The molecule has 2 saturated heterocycles. The Kier molecular flexibility index (Phi) is 15.7. The number of fused-ring (bicyclic) bond motifs is 2. The van der Waals surface area contributed by atoms with Crippen LogP contribution in [0.2, 0.25) is 0 Å². The first-order valence-electron chi connectivity index (χ1n) is 23.8. The standard InChI is InChI=1S/C26H24N8O3.C25H22N8O3.C2H6/c1-16-30-15-33(31-16)25-23-22(21(37-3)13-29-25)20(12-28-23)24(35)26(36)34-10-9-18(14-32(34)2)19(11-27)17-7-5-4-6-8-17;1-15-29-14-33(31-15)24-22-21(20(36-2)12-28-24)19(11-27-22)23(34)25(35)32-13-17(8-9-30-32)18(10-26)16-6-4-3-5-7-16;1-2/h4-8,12-13,15,28H,9-10,14H2,1-3H3;3-7,11-12,14,27,30H,8-9,13H2,1-2H3;1-2H3/b19-18-;18-17+;. The summed E-state index contributed by atoms with van der Waals surface area (Å²) in [7, 11) is 4.68. The summed E-state index contributed by atoms with van der Waals surface area (Å²) in [6.45, 7) is 8.68. The third-order valence-corrected chi connectivity index (χ3v) is 12.3. The number of hydrogen-bond acceptors (Lipinski definition) is 16. The Hall–Kier alpha value is -9.64. The Labute approximate surface area is 430 Å². The minimum Gasteiger partial charge on any atom is -0.494 e. The molecule has 0 unspecified atom stereocenters. The average molecular weight is 1010 g/mol. The molecule has 8 aromatic rings. The molecule has 2 fully saturated rings. The number of ketones is 2. The first-order chi connectivity index (χ1) is 36.4. The monoisotopic (exact) mass is 1010 g/mol. The molecule has 22 nitrogen and oxygen atoms in total. The van der Waals surface area contributed by atoms with Gasteiger partial charge in [0.25, 0.3) is 11.6 Å². The second-order valence-electron chi connectivity index (χ2n) is 16.8. The van der Waals surface area contributed by atoms with E-state index in [1.54, 1.807) is 25.9 Å². The van der Waals surface area contributed by atoms with Crippen LogP contribution in [-0.2, 0) is 9.59 Å². The molecule has 0 saturated carbocycles. The summed E-state index contributed by atoms with van der Waals surface area (Å²) in [4.78, 5) is 76.7. The molecular weight excluding hydrogens is 957 g/mol. The molecule has 6 aromatic heterocycles. The minimum absolute atomic E-state index is 0.118. The summed E-state index contributed by atoms with van der Waals surface area (Å²) in [5.74, 6) is -0.148. The molecule has 0 radical (unpaired) electrons. The van der Waals surface area contributed by atoms with Crippen molar-refractivity contribution < 1.29 is 28.7 Å². The van der Waals surface area contributed by atoms with Crippen molar-refractivity contribution in [2.75, 3.05) is 47.4 Å². The molecule has 8 heterocycles. The highest BCUT2D eigenvalue weighted by molar-refractivity contribution is 6.45. The number of nitrogens with one attached hydrogen (secondary N) is 3. The molecule has 2 aliphatic heterocycles. The van der Waals surface area contributed by atoms with E-state index in [1.807, 2.05) is 74.5 Å². The number of pyridine rings is 2. The van der Waals surface area contributed by atoms with E-state index in [9.17, 15) is 29.7 Å². The molecule has 2 aliphatic rings. The Bertz CT molecular complexity index is 3600. The van der Waals surface area contributed by atoms with Crippen LogP contribution < -0.4 is 14.9 Å². The van der Waals surface area contributed by atoms with Gasteiger partial charge in [-0.2, -0.15) is 20.7 Å². The van der Waals surface area contributed by atoms with E-state index in [2.05, 4.69) is 57.7 Å². The van der Waals surface area contributed by atoms with Crippen LogP contribution >= 0.6 is 0 Å². The number of allylic oxidation sites excluding steroid dienone is 2. The van der Waals surface area contributed by atoms with Crippen LogP contribution in [-0.4, -0.2) is 135 Å². The summed E-state index contributed by atoms with van der Waals surface area (Å²) in [6.07, 6.45) is 10.0. The van der Waals surface area contributed by atoms with Crippen molar-refractivity contribution in [3.63, 3.8) is 0 Å².